The number of amides is 1. The number of likely N-dealkylation sites (tertiary alicyclic amines) is 1. The summed E-state index contributed by atoms with van der Waals surface area (Å²) in [5.41, 5.74) is 2.78. The van der Waals surface area contributed by atoms with Crippen LogP contribution in [0, 0.1) is 6.92 Å². The number of aromatic nitrogens is 3. The van der Waals surface area contributed by atoms with Gasteiger partial charge in [-0.25, -0.2) is 9.97 Å². The molecule has 208 valence electrons. The number of nitrogens with zero attached hydrogens (tertiary/aromatic N) is 6. The van der Waals surface area contributed by atoms with Crippen molar-refractivity contribution in [2.75, 3.05) is 50.7 Å². The number of benzene rings is 1. The van der Waals surface area contributed by atoms with Gasteiger partial charge in [0.25, 0.3) is 5.91 Å². The van der Waals surface area contributed by atoms with Crippen LogP contribution >= 0.6 is 11.6 Å². The third kappa shape index (κ3) is 7.59. The van der Waals surface area contributed by atoms with Crippen LogP contribution in [0.4, 0.5) is 5.82 Å². The van der Waals surface area contributed by atoms with Gasteiger partial charge < -0.3 is 14.8 Å². The first-order chi connectivity index (χ1) is 19.0. The number of carbonyl (C=O) groups is 1. The maximum atomic E-state index is 12.8. The van der Waals surface area contributed by atoms with Gasteiger partial charge in [0.2, 0.25) is 0 Å². The van der Waals surface area contributed by atoms with Crippen molar-refractivity contribution in [2.45, 2.75) is 51.7 Å². The normalized spacial score (nSPS) is 17.7. The largest absolute Gasteiger partial charge is 0.355 e. The van der Waals surface area contributed by atoms with E-state index in [0.717, 1.165) is 81.6 Å². The molecule has 0 spiro atoms. The fourth-order valence-electron chi connectivity index (χ4n) is 5.74. The minimum absolute atomic E-state index is 0.106. The Morgan fingerprint density at radius 1 is 1.08 bits per heavy atom. The summed E-state index contributed by atoms with van der Waals surface area (Å²) >= 11 is 6.39. The number of rotatable bonds is 9. The van der Waals surface area contributed by atoms with Gasteiger partial charge >= 0.3 is 0 Å². The smallest absolute Gasteiger partial charge is 0.269 e. The highest BCUT2D eigenvalue weighted by Gasteiger charge is 2.27. The molecule has 0 atom stereocenters. The summed E-state index contributed by atoms with van der Waals surface area (Å²) < 4.78 is 2.02. The Hall–Kier alpha value is -2.94. The molecule has 4 heterocycles. The Bertz CT molecular complexity index is 1210. The molecule has 5 rings (SSSR count). The molecule has 1 aromatic carbocycles. The van der Waals surface area contributed by atoms with Crippen molar-refractivity contribution in [3.8, 4) is 0 Å². The number of imidazole rings is 1. The monoisotopic (exact) mass is 549 g/mol. The van der Waals surface area contributed by atoms with E-state index in [1.54, 1.807) is 12.5 Å². The van der Waals surface area contributed by atoms with Crippen LogP contribution in [0.5, 0.6) is 0 Å². The van der Waals surface area contributed by atoms with Gasteiger partial charge in [-0.1, -0.05) is 29.8 Å². The predicted molar refractivity (Wildman–Crippen MR) is 156 cm³/mol. The summed E-state index contributed by atoms with van der Waals surface area (Å²) in [6.07, 6.45) is 9.84. The zero-order valence-electron chi connectivity index (χ0n) is 22.9. The maximum Gasteiger partial charge on any atom is 0.269 e. The van der Waals surface area contributed by atoms with E-state index < -0.39 is 0 Å². The molecule has 1 N–H and O–H groups in total. The van der Waals surface area contributed by atoms with Crippen LogP contribution in [0.15, 0.2) is 55.1 Å². The van der Waals surface area contributed by atoms with E-state index in [1.807, 2.05) is 35.9 Å². The highest BCUT2D eigenvalue weighted by atomic mass is 35.5. The summed E-state index contributed by atoms with van der Waals surface area (Å²) in [7, 11) is 0. The first-order valence-corrected chi connectivity index (χ1v) is 14.6. The van der Waals surface area contributed by atoms with E-state index in [4.69, 9.17) is 16.6 Å². The molecule has 39 heavy (non-hydrogen) atoms. The minimum Gasteiger partial charge on any atom is -0.355 e. The van der Waals surface area contributed by atoms with E-state index >= 15 is 0 Å². The van der Waals surface area contributed by atoms with Gasteiger partial charge in [0.05, 0.1) is 6.33 Å². The quantitative estimate of drug-likeness (QED) is 0.403. The van der Waals surface area contributed by atoms with Crippen LogP contribution in [0.25, 0.3) is 0 Å². The van der Waals surface area contributed by atoms with Gasteiger partial charge in [0, 0.05) is 69.3 Å². The number of anilines is 1. The summed E-state index contributed by atoms with van der Waals surface area (Å²) in [5, 5.41) is 3.89. The molecule has 2 aromatic heterocycles. The zero-order valence-corrected chi connectivity index (χ0v) is 23.7. The van der Waals surface area contributed by atoms with Gasteiger partial charge in [0.15, 0.2) is 0 Å². The van der Waals surface area contributed by atoms with E-state index in [9.17, 15) is 4.79 Å². The van der Waals surface area contributed by atoms with Crippen molar-refractivity contribution in [3.05, 3.63) is 77.0 Å². The van der Waals surface area contributed by atoms with Crippen molar-refractivity contribution >= 4 is 23.3 Å². The molecule has 2 fully saturated rings. The number of nitrogens with one attached hydrogen (secondary N) is 1. The van der Waals surface area contributed by atoms with Crippen LogP contribution in [0.1, 0.15) is 47.3 Å². The number of pyridine rings is 1. The van der Waals surface area contributed by atoms with Crippen molar-refractivity contribution in [1.82, 2.24) is 29.7 Å². The second-order valence-corrected chi connectivity index (χ2v) is 11.2. The van der Waals surface area contributed by atoms with Crippen molar-refractivity contribution in [2.24, 2.45) is 0 Å². The standard InChI is InChI=1S/C30H40ClN7O/c1-24-20-28(30(39)33-10-4-12-36-17-11-32-23-36)34-29(21-24)38-14-5-13-37(18-19-38)26-8-15-35(16-9-26)22-25-6-2-3-7-27(25)31/h2-3,6-7,11,17,20-21,23,26H,4-5,8-10,12-16,18-19,22H2,1H3,(H,33,39). The highest BCUT2D eigenvalue weighted by molar-refractivity contribution is 6.31. The van der Waals surface area contributed by atoms with Gasteiger partial charge in [0.1, 0.15) is 11.5 Å². The average molecular weight is 550 g/mol. The predicted octanol–water partition coefficient (Wildman–Crippen LogP) is 4.24. The van der Waals surface area contributed by atoms with Crippen LogP contribution < -0.4 is 10.2 Å². The van der Waals surface area contributed by atoms with Crippen LogP contribution in [-0.2, 0) is 13.1 Å². The van der Waals surface area contributed by atoms with E-state index in [2.05, 4.69) is 43.2 Å². The molecule has 1 amide bonds. The summed E-state index contributed by atoms with van der Waals surface area (Å²) in [6.45, 7) is 10.7. The van der Waals surface area contributed by atoms with Crippen LogP contribution in [-0.4, -0.2) is 82.1 Å². The third-order valence-corrected chi connectivity index (χ3v) is 8.28. The second-order valence-electron chi connectivity index (χ2n) is 10.8. The fourth-order valence-corrected chi connectivity index (χ4v) is 5.94. The molecule has 0 bridgehead atoms. The van der Waals surface area contributed by atoms with Crippen molar-refractivity contribution in [3.63, 3.8) is 0 Å². The van der Waals surface area contributed by atoms with Gasteiger partial charge in [-0.05, 0) is 75.0 Å². The second kappa shape index (κ2) is 13.4. The van der Waals surface area contributed by atoms with Gasteiger partial charge in [-0.15, -0.1) is 0 Å². The molecule has 0 radical (unpaired) electrons. The highest BCUT2D eigenvalue weighted by Crippen LogP contribution is 2.24. The molecule has 2 aliphatic rings. The molecule has 0 unspecified atom stereocenters. The molecule has 2 aliphatic heterocycles. The van der Waals surface area contributed by atoms with E-state index in [-0.39, 0.29) is 5.91 Å². The lowest BCUT2D eigenvalue weighted by molar-refractivity contribution is 0.0947. The summed E-state index contributed by atoms with van der Waals surface area (Å²) in [6, 6.07) is 12.8. The van der Waals surface area contributed by atoms with Crippen LogP contribution in [0.2, 0.25) is 5.02 Å². The van der Waals surface area contributed by atoms with Gasteiger partial charge in [-0.2, -0.15) is 0 Å². The van der Waals surface area contributed by atoms with Crippen LogP contribution in [0.3, 0.4) is 0 Å². The van der Waals surface area contributed by atoms with Crippen molar-refractivity contribution in [1.29, 1.82) is 0 Å². The first-order valence-electron chi connectivity index (χ1n) is 14.2. The minimum atomic E-state index is -0.106. The molecule has 0 saturated carbocycles. The molecule has 0 aliphatic carbocycles. The SMILES string of the molecule is Cc1cc(C(=O)NCCCn2ccnc2)nc(N2CCCN(C3CCN(Cc4ccccc4Cl)CC3)CC2)c1. The lowest BCUT2D eigenvalue weighted by Gasteiger charge is -2.38. The summed E-state index contributed by atoms with van der Waals surface area (Å²) in [5.74, 6) is 0.806. The van der Waals surface area contributed by atoms with E-state index in [0.29, 0.717) is 18.3 Å². The number of carbonyl (C=O) groups excluding carboxylic acids is 1. The molecule has 8 nitrogen and oxygen atoms in total. The Balaban J connectivity index is 1.11. The van der Waals surface area contributed by atoms with E-state index in [1.165, 1.54) is 18.4 Å². The Morgan fingerprint density at radius 2 is 1.92 bits per heavy atom. The number of piperidine rings is 1. The number of halogens is 1. The topological polar surface area (TPSA) is 69.5 Å². The zero-order chi connectivity index (χ0) is 27.0. The molecule has 3 aromatic rings. The maximum absolute atomic E-state index is 12.8. The Morgan fingerprint density at radius 3 is 2.72 bits per heavy atom. The lowest BCUT2D eigenvalue weighted by Crippen LogP contribution is -2.46. The summed E-state index contributed by atoms with van der Waals surface area (Å²) in [4.78, 5) is 29.3. The Labute approximate surface area is 237 Å². The molecule has 9 heteroatoms. The number of hydrogen-bond acceptors (Lipinski definition) is 6. The fraction of sp³-hybridized carbons (Fsp3) is 0.500. The van der Waals surface area contributed by atoms with Gasteiger partial charge in [-0.3, -0.25) is 14.6 Å². The number of hydrogen-bond donors (Lipinski definition) is 1. The molecular weight excluding hydrogens is 510 g/mol. The number of aryl methyl sites for hydroxylation is 2. The first kappa shape index (κ1) is 27.6. The molecular formula is C30H40ClN7O. The average Bonchev–Trinajstić information content (AvgIpc) is 3.34. The lowest BCUT2D eigenvalue weighted by atomic mass is 10.0. The third-order valence-electron chi connectivity index (χ3n) is 7.91. The molecule has 2 saturated heterocycles. The van der Waals surface area contributed by atoms with Crippen molar-refractivity contribution < 1.29 is 4.79 Å². The Kier molecular flexibility index (Phi) is 9.50.